The van der Waals surface area contributed by atoms with Crippen molar-refractivity contribution in [3.8, 4) is 16.8 Å². The monoisotopic (exact) mass is 464 g/mol. The van der Waals surface area contributed by atoms with Gasteiger partial charge in [0, 0.05) is 22.5 Å². The second-order valence-corrected chi connectivity index (χ2v) is 9.06. The third kappa shape index (κ3) is 3.01. The van der Waals surface area contributed by atoms with E-state index in [0.717, 1.165) is 38.4 Å². The Morgan fingerprint density at radius 2 is 1.28 bits per heavy atom. The highest BCUT2D eigenvalue weighted by Gasteiger charge is 2.20. The van der Waals surface area contributed by atoms with Gasteiger partial charge in [0.15, 0.2) is 0 Å². The molecule has 1 aromatic heterocycles. The molecule has 4 heteroatoms. The Labute approximate surface area is 206 Å². The van der Waals surface area contributed by atoms with E-state index in [1.165, 1.54) is 16.2 Å². The van der Waals surface area contributed by atoms with E-state index in [-0.39, 0.29) is 10.6 Å². The van der Waals surface area contributed by atoms with Crippen molar-refractivity contribution in [1.29, 1.82) is 0 Å². The molecule has 0 fully saturated rings. The van der Waals surface area contributed by atoms with Gasteiger partial charge in [-0.2, -0.15) is 0 Å². The van der Waals surface area contributed by atoms with Gasteiger partial charge >= 0.3 is 0 Å². The first kappa shape index (κ1) is 20.4. The minimum atomic E-state index is -0.285. The normalized spacial score (nSPS) is 11.6. The second kappa shape index (κ2) is 7.79. The van der Waals surface area contributed by atoms with Crippen LogP contribution in [0.1, 0.15) is 0 Å². The quantitative estimate of drug-likeness (QED) is 0.194. The Hall–Kier alpha value is -4.96. The van der Waals surface area contributed by atoms with Crippen LogP contribution in [0.5, 0.6) is 0 Å². The van der Waals surface area contributed by atoms with Gasteiger partial charge in [-0.1, -0.05) is 84.9 Å². The molecule has 6 aromatic carbocycles. The fourth-order valence-electron chi connectivity index (χ4n) is 5.42. The van der Waals surface area contributed by atoms with E-state index in [4.69, 9.17) is 0 Å². The Balaban J connectivity index is 1.60. The molecule has 170 valence electrons. The lowest BCUT2D eigenvalue weighted by molar-refractivity contribution is -0.384. The highest BCUT2D eigenvalue weighted by Crippen LogP contribution is 2.40. The van der Waals surface area contributed by atoms with Gasteiger partial charge in [0.2, 0.25) is 0 Å². The largest absolute Gasteiger partial charge is 0.309 e. The number of nitrogens with zero attached hydrogens (tertiary/aromatic N) is 2. The Morgan fingerprint density at radius 3 is 2.06 bits per heavy atom. The van der Waals surface area contributed by atoms with Crippen LogP contribution in [0.3, 0.4) is 0 Å². The van der Waals surface area contributed by atoms with Crippen molar-refractivity contribution in [2.45, 2.75) is 0 Å². The minimum absolute atomic E-state index is 0.112. The zero-order valence-corrected chi connectivity index (χ0v) is 19.3. The van der Waals surface area contributed by atoms with E-state index in [2.05, 4.69) is 65.2 Å². The van der Waals surface area contributed by atoms with Crippen molar-refractivity contribution >= 4 is 49.0 Å². The van der Waals surface area contributed by atoms with Crippen molar-refractivity contribution in [3.05, 3.63) is 131 Å². The van der Waals surface area contributed by atoms with Gasteiger partial charge in [-0.3, -0.25) is 10.1 Å². The number of fused-ring (bicyclic) bond motifs is 6. The molecule has 7 aromatic rings. The van der Waals surface area contributed by atoms with Gasteiger partial charge in [0.1, 0.15) is 0 Å². The average Bonchev–Trinajstić information content (AvgIpc) is 3.27. The molecular formula is C32H20N2O2. The number of nitro groups is 1. The zero-order valence-electron chi connectivity index (χ0n) is 19.3. The number of nitro benzene ring substituents is 1. The maximum Gasteiger partial charge on any atom is 0.277 e. The number of benzene rings is 6. The Morgan fingerprint density at radius 1 is 0.583 bits per heavy atom. The number of hydrogen-bond donors (Lipinski definition) is 0. The van der Waals surface area contributed by atoms with Gasteiger partial charge in [-0.05, 0) is 57.4 Å². The summed E-state index contributed by atoms with van der Waals surface area (Å²) in [5.74, 6) is 0. The lowest BCUT2D eigenvalue weighted by atomic mass is 9.97. The second-order valence-electron chi connectivity index (χ2n) is 9.06. The topological polar surface area (TPSA) is 48.1 Å². The molecule has 1 heterocycles. The first-order valence-corrected chi connectivity index (χ1v) is 11.9. The fourth-order valence-corrected chi connectivity index (χ4v) is 5.42. The molecule has 0 aliphatic rings. The zero-order chi connectivity index (χ0) is 24.2. The van der Waals surface area contributed by atoms with Gasteiger partial charge in [-0.15, -0.1) is 0 Å². The average molecular weight is 465 g/mol. The molecule has 0 amide bonds. The molecule has 7 rings (SSSR count). The molecule has 0 N–H and O–H groups in total. The summed E-state index contributed by atoms with van der Waals surface area (Å²) in [5, 5.41) is 18.6. The van der Waals surface area contributed by atoms with Gasteiger partial charge in [0.25, 0.3) is 5.69 Å². The summed E-state index contributed by atoms with van der Waals surface area (Å²) in [6.07, 6.45) is 0. The van der Waals surface area contributed by atoms with Crippen LogP contribution in [-0.4, -0.2) is 9.49 Å². The molecule has 0 saturated carbocycles. The van der Waals surface area contributed by atoms with E-state index in [1.807, 2.05) is 54.6 Å². The molecule has 0 aliphatic carbocycles. The van der Waals surface area contributed by atoms with Crippen molar-refractivity contribution in [2.75, 3.05) is 0 Å². The van der Waals surface area contributed by atoms with Crippen LogP contribution in [0.4, 0.5) is 5.69 Å². The molecule has 0 bridgehead atoms. The smallest absolute Gasteiger partial charge is 0.277 e. The fraction of sp³-hybridized carbons (Fsp3) is 0. The van der Waals surface area contributed by atoms with Crippen LogP contribution >= 0.6 is 0 Å². The summed E-state index contributed by atoms with van der Waals surface area (Å²) in [6.45, 7) is 0. The van der Waals surface area contributed by atoms with Crippen molar-refractivity contribution in [1.82, 2.24) is 4.57 Å². The molecule has 0 unspecified atom stereocenters. The third-order valence-corrected chi connectivity index (χ3v) is 7.04. The van der Waals surface area contributed by atoms with Crippen LogP contribution in [0.2, 0.25) is 0 Å². The summed E-state index contributed by atoms with van der Waals surface area (Å²) in [7, 11) is 0. The van der Waals surface area contributed by atoms with Gasteiger partial charge in [-0.25, -0.2) is 0 Å². The molecule has 4 nitrogen and oxygen atoms in total. The molecule has 0 atom stereocenters. The summed E-state index contributed by atoms with van der Waals surface area (Å²) in [6, 6.07) is 40.6. The summed E-state index contributed by atoms with van der Waals surface area (Å²) in [4.78, 5) is 11.8. The van der Waals surface area contributed by atoms with E-state index >= 15 is 0 Å². The molecule has 36 heavy (non-hydrogen) atoms. The van der Waals surface area contributed by atoms with Gasteiger partial charge < -0.3 is 4.57 Å². The predicted octanol–water partition coefficient (Wildman–Crippen LogP) is 8.67. The molecule has 0 saturated heterocycles. The molecule has 0 aliphatic heterocycles. The van der Waals surface area contributed by atoms with E-state index in [0.29, 0.717) is 5.56 Å². The highest BCUT2D eigenvalue weighted by molar-refractivity contribution is 6.21. The molecule has 0 radical (unpaired) electrons. The summed E-state index contributed by atoms with van der Waals surface area (Å²) < 4.78 is 2.26. The maximum absolute atomic E-state index is 12.1. The van der Waals surface area contributed by atoms with Crippen LogP contribution in [-0.2, 0) is 0 Å². The number of hydrogen-bond acceptors (Lipinski definition) is 2. The van der Waals surface area contributed by atoms with E-state index in [1.54, 1.807) is 6.07 Å². The van der Waals surface area contributed by atoms with Crippen molar-refractivity contribution in [2.24, 2.45) is 0 Å². The first-order chi connectivity index (χ1) is 17.7. The number of rotatable bonds is 3. The van der Waals surface area contributed by atoms with Crippen LogP contribution in [0.25, 0.3) is 60.2 Å². The minimum Gasteiger partial charge on any atom is -0.309 e. The Bertz CT molecular complexity index is 1970. The lowest BCUT2D eigenvalue weighted by Gasteiger charge is -2.10. The lowest BCUT2D eigenvalue weighted by Crippen LogP contribution is -1.95. The predicted molar refractivity (Wildman–Crippen MR) is 148 cm³/mol. The SMILES string of the molecule is O=[N+]([O-])c1cc2ccccc2cc1-c1ccc2c3c4ccccc4ccc3n(-c3ccccc3)c2c1. The summed E-state index contributed by atoms with van der Waals surface area (Å²) in [5.41, 5.74) is 4.74. The number of aromatic nitrogens is 1. The Kier molecular flexibility index (Phi) is 4.42. The van der Waals surface area contributed by atoms with Crippen LogP contribution < -0.4 is 0 Å². The van der Waals surface area contributed by atoms with E-state index < -0.39 is 0 Å². The van der Waals surface area contributed by atoms with Crippen LogP contribution in [0, 0.1) is 10.1 Å². The molecular weight excluding hydrogens is 444 g/mol. The first-order valence-electron chi connectivity index (χ1n) is 11.9. The summed E-state index contributed by atoms with van der Waals surface area (Å²) >= 11 is 0. The van der Waals surface area contributed by atoms with Crippen LogP contribution in [0.15, 0.2) is 121 Å². The van der Waals surface area contributed by atoms with Crippen molar-refractivity contribution in [3.63, 3.8) is 0 Å². The standard InChI is InChI=1S/C32H20N2O2/c35-34(36)31-19-23-10-5-4-9-22(23)18-28(31)24-14-16-27-30(20-24)33(25-11-2-1-3-12-25)29-17-15-21-8-6-7-13-26(21)32(27)29/h1-20H. The van der Waals surface area contributed by atoms with E-state index in [9.17, 15) is 10.1 Å². The highest BCUT2D eigenvalue weighted by atomic mass is 16.6. The maximum atomic E-state index is 12.1. The van der Waals surface area contributed by atoms with Gasteiger partial charge in [0.05, 0.1) is 21.5 Å². The third-order valence-electron chi connectivity index (χ3n) is 7.04. The van der Waals surface area contributed by atoms with Crippen molar-refractivity contribution < 1.29 is 4.92 Å². The molecule has 0 spiro atoms. The number of para-hydroxylation sites is 1.